The van der Waals surface area contributed by atoms with Gasteiger partial charge in [-0.3, -0.25) is 0 Å². The normalized spacial score (nSPS) is 22.9. The standard InChI is InChI=1S/C6H14N2.C2HF3O2/c1-6-5-7-3-4-8(6)2;3-2(4,5)1(6)7/h6-7H,3-5H2,1-2H3;(H,6,7). The Labute approximate surface area is 86.1 Å². The highest BCUT2D eigenvalue weighted by Gasteiger charge is 2.38. The zero-order valence-electron chi connectivity index (χ0n) is 8.64. The Morgan fingerprint density at radius 3 is 2.20 bits per heavy atom. The van der Waals surface area contributed by atoms with Gasteiger partial charge in [-0.25, -0.2) is 4.79 Å². The Hall–Kier alpha value is -0.820. The Balaban J connectivity index is 0.000000265. The van der Waals surface area contributed by atoms with Crippen LogP contribution in [0.3, 0.4) is 0 Å². The van der Waals surface area contributed by atoms with Crippen molar-refractivity contribution >= 4 is 5.97 Å². The van der Waals surface area contributed by atoms with E-state index in [1.54, 1.807) is 0 Å². The van der Waals surface area contributed by atoms with Crippen molar-refractivity contribution in [3.63, 3.8) is 0 Å². The van der Waals surface area contributed by atoms with Crippen molar-refractivity contribution in [2.45, 2.75) is 19.1 Å². The lowest BCUT2D eigenvalue weighted by Gasteiger charge is -2.29. The maximum absolute atomic E-state index is 10.6. The molecule has 15 heavy (non-hydrogen) atoms. The van der Waals surface area contributed by atoms with Gasteiger partial charge in [-0.2, -0.15) is 13.2 Å². The maximum atomic E-state index is 10.6. The van der Waals surface area contributed by atoms with E-state index in [0.29, 0.717) is 0 Å². The first-order chi connectivity index (χ1) is 6.75. The van der Waals surface area contributed by atoms with E-state index in [1.165, 1.54) is 6.54 Å². The average Bonchev–Trinajstić information content (AvgIpc) is 2.09. The number of halogens is 3. The molecule has 2 N–H and O–H groups in total. The minimum atomic E-state index is -5.08. The monoisotopic (exact) mass is 228 g/mol. The maximum Gasteiger partial charge on any atom is 0.490 e. The molecule has 0 aliphatic carbocycles. The molecule has 1 saturated heterocycles. The molecule has 0 bridgehead atoms. The number of piperazine rings is 1. The summed E-state index contributed by atoms with van der Waals surface area (Å²) in [4.78, 5) is 11.3. The van der Waals surface area contributed by atoms with Gasteiger partial charge in [-0.1, -0.05) is 0 Å². The SMILES string of the molecule is CC1CNCCN1C.O=C(O)C(F)(F)F. The summed E-state index contributed by atoms with van der Waals surface area (Å²) in [5.74, 6) is -2.76. The molecule has 90 valence electrons. The number of rotatable bonds is 0. The number of aliphatic carboxylic acids is 1. The molecule has 0 spiro atoms. The summed E-state index contributed by atoms with van der Waals surface area (Å²) >= 11 is 0. The Kier molecular flexibility index (Phi) is 5.59. The predicted molar refractivity (Wildman–Crippen MR) is 48.7 cm³/mol. The van der Waals surface area contributed by atoms with Gasteiger partial charge >= 0.3 is 12.1 Å². The number of likely N-dealkylation sites (N-methyl/N-ethyl adjacent to an activating group) is 1. The lowest BCUT2D eigenvalue weighted by molar-refractivity contribution is -0.192. The van der Waals surface area contributed by atoms with Gasteiger partial charge in [-0.15, -0.1) is 0 Å². The van der Waals surface area contributed by atoms with Crippen molar-refractivity contribution in [2.24, 2.45) is 0 Å². The van der Waals surface area contributed by atoms with E-state index in [4.69, 9.17) is 9.90 Å². The van der Waals surface area contributed by atoms with Gasteiger partial charge in [-0.05, 0) is 14.0 Å². The molecule has 7 heteroatoms. The van der Waals surface area contributed by atoms with Crippen LogP contribution in [0.1, 0.15) is 6.92 Å². The summed E-state index contributed by atoms with van der Waals surface area (Å²) in [7, 11) is 2.17. The van der Waals surface area contributed by atoms with Crippen LogP contribution in [0.2, 0.25) is 0 Å². The first kappa shape index (κ1) is 14.2. The predicted octanol–water partition coefficient (Wildman–Crippen LogP) is 0.543. The summed E-state index contributed by atoms with van der Waals surface area (Å²) in [6, 6.07) is 0.726. The van der Waals surface area contributed by atoms with Crippen LogP contribution in [0.15, 0.2) is 0 Å². The fourth-order valence-electron chi connectivity index (χ4n) is 0.943. The molecule has 1 aliphatic heterocycles. The molecule has 1 atom stereocenters. The quantitative estimate of drug-likeness (QED) is 0.635. The summed E-state index contributed by atoms with van der Waals surface area (Å²) in [5, 5.41) is 10.4. The number of alkyl halides is 3. The average molecular weight is 228 g/mol. The summed E-state index contributed by atoms with van der Waals surface area (Å²) in [5.41, 5.74) is 0. The van der Waals surface area contributed by atoms with Crippen LogP contribution < -0.4 is 5.32 Å². The number of carbonyl (C=O) groups is 1. The van der Waals surface area contributed by atoms with E-state index < -0.39 is 12.1 Å². The van der Waals surface area contributed by atoms with Crippen molar-refractivity contribution in [1.29, 1.82) is 0 Å². The minimum absolute atomic E-state index is 0.726. The number of hydrogen-bond acceptors (Lipinski definition) is 3. The first-order valence-electron chi connectivity index (χ1n) is 4.46. The highest BCUT2D eigenvalue weighted by Crippen LogP contribution is 2.13. The van der Waals surface area contributed by atoms with E-state index in [0.717, 1.165) is 19.1 Å². The second kappa shape index (κ2) is 5.92. The van der Waals surface area contributed by atoms with E-state index >= 15 is 0 Å². The van der Waals surface area contributed by atoms with Crippen LogP contribution in [-0.4, -0.2) is 54.9 Å². The highest BCUT2D eigenvalue weighted by molar-refractivity contribution is 5.73. The molecule has 1 fully saturated rings. The van der Waals surface area contributed by atoms with Crippen molar-refractivity contribution in [2.75, 3.05) is 26.7 Å². The third-order valence-corrected chi connectivity index (χ3v) is 2.08. The van der Waals surface area contributed by atoms with Crippen LogP contribution in [0.25, 0.3) is 0 Å². The van der Waals surface area contributed by atoms with Crippen molar-refractivity contribution < 1.29 is 23.1 Å². The molecular weight excluding hydrogens is 213 g/mol. The topological polar surface area (TPSA) is 52.6 Å². The van der Waals surface area contributed by atoms with Gasteiger partial charge in [0.1, 0.15) is 0 Å². The minimum Gasteiger partial charge on any atom is -0.475 e. The second-order valence-electron chi connectivity index (χ2n) is 3.34. The molecule has 1 heterocycles. The van der Waals surface area contributed by atoms with Crippen molar-refractivity contribution in [1.82, 2.24) is 10.2 Å². The molecule has 4 nitrogen and oxygen atoms in total. The Morgan fingerprint density at radius 2 is 2.00 bits per heavy atom. The zero-order valence-corrected chi connectivity index (χ0v) is 8.64. The van der Waals surface area contributed by atoms with E-state index in [2.05, 4.69) is 24.2 Å². The van der Waals surface area contributed by atoms with Crippen molar-refractivity contribution in [3.05, 3.63) is 0 Å². The summed E-state index contributed by atoms with van der Waals surface area (Å²) in [6.07, 6.45) is -5.08. The molecule has 0 aromatic rings. The lowest BCUT2D eigenvalue weighted by atomic mass is 10.2. The highest BCUT2D eigenvalue weighted by atomic mass is 19.4. The summed E-state index contributed by atoms with van der Waals surface area (Å²) in [6.45, 7) is 5.74. The van der Waals surface area contributed by atoms with Crippen LogP contribution in [0.5, 0.6) is 0 Å². The van der Waals surface area contributed by atoms with Gasteiger partial charge < -0.3 is 15.3 Å². The Bertz CT molecular complexity index is 199. The van der Waals surface area contributed by atoms with Gasteiger partial charge in [0.2, 0.25) is 0 Å². The van der Waals surface area contributed by atoms with E-state index in [9.17, 15) is 13.2 Å². The summed E-state index contributed by atoms with van der Waals surface area (Å²) < 4.78 is 31.7. The fraction of sp³-hybridized carbons (Fsp3) is 0.875. The smallest absolute Gasteiger partial charge is 0.475 e. The molecule has 0 radical (unpaired) electrons. The third kappa shape index (κ3) is 6.29. The number of hydrogen-bond donors (Lipinski definition) is 2. The second-order valence-corrected chi connectivity index (χ2v) is 3.34. The van der Waals surface area contributed by atoms with E-state index in [-0.39, 0.29) is 0 Å². The fourth-order valence-corrected chi connectivity index (χ4v) is 0.943. The van der Waals surface area contributed by atoms with Gasteiger partial charge in [0, 0.05) is 25.7 Å². The molecule has 0 amide bonds. The van der Waals surface area contributed by atoms with Crippen LogP contribution >= 0.6 is 0 Å². The number of nitrogens with zero attached hydrogens (tertiary/aromatic N) is 1. The van der Waals surface area contributed by atoms with Crippen molar-refractivity contribution in [3.8, 4) is 0 Å². The lowest BCUT2D eigenvalue weighted by Crippen LogP contribution is -2.47. The number of nitrogens with one attached hydrogen (secondary N) is 1. The largest absolute Gasteiger partial charge is 0.490 e. The molecule has 1 rings (SSSR count). The molecule has 0 saturated carbocycles. The van der Waals surface area contributed by atoms with Gasteiger partial charge in [0.05, 0.1) is 0 Å². The first-order valence-corrected chi connectivity index (χ1v) is 4.46. The molecule has 1 aliphatic rings. The zero-order chi connectivity index (χ0) is 12.1. The number of carboxylic acids is 1. The van der Waals surface area contributed by atoms with Gasteiger partial charge in [0.25, 0.3) is 0 Å². The van der Waals surface area contributed by atoms with Crippen LogP contribution in [-0.2, 0) is 4.79 Å². The Morgan fingerprint density at radius 1 is 1.53 bits per heavy atom. The molecule has 1 unspecified atom stereocenters. The molecular formula is C8H15F3N2O2. The van der Waals surface area contributed by atoms with Crippen LogP contribution in [0, 0.1) is 0 Å². The molecule has 0 aromatic carbocycles. The van der Waals surface area contributed by atoms with E-state index in [1.807, 2.05) is 0 Å². The molecule has 0 aromatic heterocycles. The van der Waals surface area contributed by atoms with Gasteiger partial charge in [0.15, 0.2) is 0 Å². The van der Waals surface area contributed by atoms with Crippen LogP contribution in [0.4, 0.5) is 13.2 Å². The number of carboxylic acid groups (broad SMARTS) is 1. The third-order valence-electron chi connectivity index (χ3n) is 2.08.